The van der Waals surface area contributed by atoms with Gasteiger partial charge < -0.3 is 10.4 Å². The van der Waals surface area contributed by atoms with E-state index in [0.717, 1.165) is 24.8 Å². The predicted molar refractivity (Wildman–Crippen MR) is 81.9 cm³/mol. The molecule has 1 amide bonds. The lowest BCUT2D eigenvalue weighted by atomic mass is 9.86. The molecule has 108 valence electrons. The van der Waals surface area contributed by atoms with Crippen molar-refractivity contribution in [2.45, 2.75) is 45.4 Å². The van der Waals surface area contributed by atoms with Crippen molar-refractivity contribution in [3.05, 3.63) is 35.9 Å². The highest BCUT2D eigenvalue weighted by atomic mass is 16.3. The van der Waals surface area contributed by atoms with Crippen molar-refractivity contribution < 1.29 is 9.90 Å². The summed E-state index contributed by atoms with van der Waals surface area (Å²) < 4.78 is 0. The minimum absolute atomic E-state index is 0.00397. The fourth-order valence-electron chi connectivity index (χ4n) is 2.37. The second kappa shape index (κ2) is 5.70. The maximum atomic E-state index is 12.2. The van der Waals surface area contributed by atoms with Crippen molar-refractivity contribution in [2.75, 3.05) is 5.32 Å². The Hall–Kier alpha value is -1.77. The average Bonchev–Trinajstić information content (AvgIpc) is 2.41. The zero-order valence-corrected chi connectivity index (χ0v) is 12.4. The van der Waals surface area contributed by atoms with Crippen LogP contribution in [0.15, 0.2) is 30.4 Å². The molecule has 1 aliphatic carbocycles. The quantitative estimate of drug-likeness (QED) is 0.632. The summed E-state index contributed by atoms with van der Waals surface area (Å²) in [4.78, 5) is 12.2. The number of hydrogen-bond acceptors (Lipinski definition) is 2. The van der Waals surface area contributed by atoms with Gasteiger partial charge in [-0.2, -0.15) is 0 Å². The van der Waals surface area contributed by atoms with E-state index in [-0.39, 0.29) is 23.0 Å². The van der Waals surface area contributed by atoms with Crippen molar-refractivity contribution in [1.29, 1.82) is 0 Å². The molecule has 0 saturated heterocycles. The standard InChI is InChI=1S/C17H23NO2/c1-17(2,3)13-9-10-15(19)14(11-13)18-16(20)12-7-5-4-6-8-12/h4-5,9-12,19H,6-8H2,1-3H3,(H,18,20). The third-order valence-corrected chi connectivity index (χ3v) is 3.76. The van der Waals surface area contributed by atoms with Gasteiger partial charge in [-0.15, -0.1) is 0 Å². The first-order valence-electron chi connectivity index (χ1n) is 7.17. The van der Waals surface area contributed by atoms with Gasteiger partial charge in [0.05, 0.1) is 5.69 Å². The first-order chi connectivity index (χ1) is 9.38. The summed E-state index contributed by atoms with van der Waals surface area (Å²) in [6.45, 7) is 6.32. The number of carbonyl (C=O) groups excluding carboxylic acids is 1. The monoisotopic (exact) mass is 273 g/mol. The van der Waals surface area contributed by atoms with Crippen molar-refractivity contribution in [3.63, 3.8) is 0 Å². The van der Waals surface area contributed by atoms with Gasteiger partial charge in [0.2, 0.25) is 5.91 Å². The first kappa shape index (κ1) is 14.6. The summed E-state index contributed by atoms with van der Waals surface area (Å²) in [6.07, 6.45) is 6.78. The molecule has 1 aromatic carbocycles. The SMILES string of the molecule is CC(C)(C)c1ccc(O)c(NC(=O)C2CC=CCC2)c1. The van der Waals surface area contributed by atoms with E-state index < -0.39 is 0 Å². The van der Waals surface area contributed by atoms with Crippen LogP contribution in [0.4, 0.5) is 5.69 Å². The van der Waals surface area contributed by atoms with E-state index in [9.17, 15) is 9.90 Å². The number of allylic oxidation sites excluding steroid dienone is 2. The van der Waals surface area contributed by atoms with E-state index in [1.54, 1.807) is 6.07 Å². The minimum atomic E-state index is -0.0131. The van der Waals surface area contributed by atoms with Crippen LogP contribution >= 0.6 is 0 Å². The Labute approximate surface area is 120 Å². The molecule has 20 heavy (non-hydrogen) atoms. The fraction of sp³-hybridized carbons (Fsp3) is 0.471. The molecule has 0 bridgehead atoms. The van der Waals surface area contributed by atoms with Gasteiger partial charge in [-0.3, -0.25) is 4.79 Å². The number of hydrogen-bond donors (Lipinski definition) is 2. The zero-order chi connectivity index (χ0) is 14.8. The lowest BCUT2D eigenvalue weighted by Crippen LogP contribution is -2.24. The number of anilines is 1. The topological polar surface area (TPSA) is 49.3 Å². The number of rotatable bonds is 2. The highest BCUT2D eigenvalue weighted by Crippen LogP contribution is 2.31. The Morgan fingerprint density at radius 3 is 2.65 bits per heavy atom. The molecule has 0 aliphatic heterocycles. The average molecular weight is 273 g/mol. The Kier molecular flexibility index (Phi) is 4.17. The largest absolute Gasteiger partial charge is 0.506 e. The van der Waals surface area contributed by atoms with E-state index in [4.69, 9.17) is 0 Å². The van der Waals surface area contributed by atoms with Crippen molar-refractivity contribution in [3.8, 4) is 5.75 Å². The van der Waals surface area contributed by atoms with Gasteiger partial charge >= 0.3 is 0 Å². The number of carbonyl (C=O) groups is 1. The van der Waals surface area contributed by atoms with Gasteiger partial charge in [-0.1, -0.05) is 39.0 Å². The van der Waals surface area contributed by atoms with Gasteiger partial charge in [-0.25, -0.2) is 0 Å². The van der Waals surface area contributed by atoms with Crippen LogP contribution in [0.5, 0.6) is 5.75 Å². The van der Waals surface area contributed by atoms with Gasteiger partial charge in [-0.05, 0) is 42.4 Å². The van der Waals surface area contributed by atoms with Gasteiger partial charge in [0.1, 0.15) is 5.75 Å². The number of phenols is 1. The van der Waals surface area contributed by atoms with Crippen LogP contribution in [0.1, 0.15) is 45.6 Å². The summed E-state index contributed by atoms with van der Waals surface area (Å²) in [6, 6.07) is 5.41. The molecule has 2 rings (SSSR count). The van der Waals surface area contributed by atoms with E-state index in [1.165, 1.54) is 0 Å². The normalized spacial score (nSPS) is 18.9. The molecule has 0 radical (unpaired) electrons. The van der Waals surface area contributed by atoms with Crippen LogP contribution < -0.4 is 5.32 Å². The van der Waals surface area contributed by atoms with Crippen LogP contribution in [0.3, 0.4) is 0 Å². The molecule has 1 unspecified atom stereocenters. The van der Waals surface area contributed by atoms with Gasteiger partial charge in [0, 0.05) is 5.92 Å². The Morgan fingerprint density at radius 2 is 2.05 bits per heavy atom. The van der Waals surface area contributed by atoms with Crippen LogP contribution in [-0.4, -0.2) is 11.0 Å². The van der Waals surface area contributed by atoms with Gasteiger partial charge in [0.25, 0.3) is 0 Å². The molecule has 2 N–H and O–H groups in total. The smallest absolute Gasteiger partial charge is 0.227 e. The molecule has 3 heteroatoms. The minimum Gasteiger partial charge on any atom is -0.506 e. The van der Waals surface area contributed by atoms with E-state index in [2.05, 4.69) is 38.2 Å². The molecule has 1 atom stereocenters. The third-order valence-electron chi connectivity index (χ3n) is 3.76. The number of benzene rings is 1. The Bertz CT molecular complexity index is 526. The second-order valence-electron chi connectivity index (χ2n) is 6.45. The second-order valence-corrected chi connectivity index (χ2v) is 6.45. The van der Waals surface area contributed by atoms with Gasteiger partial charge in [0.15, 0.2) is 0 Å². The summed E-state index contributed by atoms with van der Waals surface area (Å²) in [5.41, 5.74) is 1.59. The summed E-state index contributed by atoms with van der Waals surface area (Å²) in [5.74, 6) is 0.131. The summed E-state index contributed by atoms with van der Waals surface area (Å²) >= 11 is 0. The molecule has 1 aliphatic rings. The molecular weight excluding hydrogens is 250 g/mol. The van der Waals surface area contributed by atoms with E-state index in [0.29, 0.717) is 5.69 Å². The molecule has 0 heterocycles. The Balaban J connectivity index is 2.16. The highest BCUT2D eigenvalue weighted by molar-refractivity contribution is 5.94. The van der Waals surface area contributed by atoms with E-state index in [1.807, 2.05) is 12.1 Å². The molecular formula is C17H23NO2. The number of amides is 1. The third kappa shape index (κ3) is 3.41. The fourth-order valence-corrected chi connectivity index (χ4v) is 2.37. The molecule has 0 fully saturated rings. The maximum Gasteiger partial charge on any atom is 0.227 e. The summed E-state index contributed by atoms with van der Waals surface area (Å²) in [7, 11) is 0. The number of phenolic OH excluding ortho intramolecular Hbond substituents is 1. The van der Waals surface area contributed by atoms with E-state index >= 15 is 0 Å². The first-order valence-corrected chi connectivity index (χ1v) is 7.17. The van der Waals surface area contributed by atoms with Crippen molar-refractivity contribution >= 4 is 11.6 Å². The highest BCUT2D eigenvalue weighted by Gasteiger charge is 2.21. The zero-order valence-electron chi connectivity index (χ0n) is 12.4. The molecule has 1 aromatic rings. The summed E-state index contributed by atoms with van der Waals surface area (Å²) in [5, 5.41) is 12.8. The van der Waals surface area contributed by atoms with Crippen LogP contribution in [-0.2, 0) is 10.2 Å². The van der Waals surface area contributed by atoms with Crippen LogP contribution in [0.25, 0.3) is 0 Å². The lowest BCUT2D eigenvalue weighted by Gasteiger charge is -2.22. The van der Waals surface area contributed by atoms with Crippen molar-refractivity contribution in [1.82, 2.24) is 0 Å². The number of aromatic hydroxyl groups is 1. The molecule has 0 saturated carbocycles. The molecule has 0 aromatic heterocycles. The molecule has 0 spiro atoms. The Morgan fingerprint density at radius 1 is 1.30 bits per heavy atom. The van der Waals surface area contributed by atoms with Crippen LogP contribution in [0.2, 0.25) is 0 Å². The predicted octanol–water partition coefficient (Wildman–Crippen LogP) is 3.98. The lowest BCUT2D eigenvalue weighted by molar-refractivity contribution is -0.120. The van der Waals surface area contributed by atoms with Crippen LogP contribution in [0, 0.1) is 5.92 Å². The number of nitrogens with one attached hydrogen (secondary N) is 1. The van der Waals surface area contributed by atoms with Crippen molar-refractivity contribution in [2.24, 2.45) is 5.92 Å². The molecule has 3 nitrogen and oxygen atoms in total. The maximum absolute atomic E-state index is 12.2.